The minimum Gasteiger partial charge on any atom is -0.481 e. The van der Waals surface area contributed by atoms with E-state index in [4.69, 9.17) is 10.8 Å². The van der Waals surface area contributed by atoms with Gasteiger partial charge < -0.3 is 14.6 Å². The highest BCUT2D eigenvalue weighted by Gasteiger charge is 2.40. The molecule has 0 saturated carbocycles. The molecule has 0 radical (unpaired) electrons. The van der Waals surface area contributed by atoms with Crippen LogP contribution in [-0.4, -0.2) is 36.7 Å². The molecule has 2 N–H and O–H groups in total. The Morgan fingerprint density at radius 3 is 1.64 bits per heavy atom. The summed E-state index contributed by atoms with van der Waals surface area (Å²) in [5.41, 5.74) is 0. The van der Waals surface area contributed by atoms with Gasteiger partial charge in [0.15, 0.2) is 8.32 Å². The van der Waals surface area contributed by atoms with Gasteiger partial charge in [-0.05, 0) is 31.0 Å². The molecule has 0 saturated heterocycles. The van der Waals surface area contributed by atoms with Crippen LogP contribution in [0.5, 0.6) is 0 Å². The molecular formula is C31H60O4Si. The number of hydrogen-bond acceptors (Lipinski definition) is 3. The fourth-order valence-electron chi connectivity index (χ4n) is 4.51. The second-order valence-electron chi connectivity index (χ2n) is 12.4. The Labute approximate surface area is 225 Å². The van der Waals surface area contributed by atoms with E-state index in [1.807, 2.05) is 0 Å². The minimum atomic E-state index is -2.02. The average molecular weight is 525 g/mol. The Bertz CT molecular complexity index is 590. The number of aliphatic hydroxyl groups excluding tert-OH is 1. The lowest BCUT2D eigenvalue weighted by molar-refractivity contribution is -0.146. The number of unbranched alkanes of at least 4 members (excludes halogenated alkanes) is 14. The highest BCUT2D eigenvalue weighted by Crippen LogP contribution is 2.38. The number of carboxylic acid groups (broad SMARTS) is 1. The number of terminal acetylenes is 1. The number of carbonyl (C=O) groups is 1. The summed E-state index contributed by atoms with van der Waals surface area (Å²) < 4.78 is 6.63. The first-order valence-electron chi connectivity index (χ1n) is 15.0. The highest BCUT2D eigenvalue weighted by atomic mass is 28.4. The topological polar surface area (TPSA) is 66.8 Å². The first-order valence-corrected chi connectivity index (χ1v) is 17.9. The van der Waals surface area contributed by atoms with Gasteiger partial charge in [-0.2, -0.15) is 0 Å². The molecule has 212 valence electrons. The molecule has 3 atom stereocenters. The lowest BCUT2D eigenvalue weighted by Crippen LogP contribution is -2.45. The molecule has 0 aromatic heterocycles. The summed E-state index contributed by atoms with van der Waals surface area (Å²) in [4.78, 5) is 11.6. The van der Waals surface area contributed by atoms with Gasteiger partial charge in [0.25, 0.3) is 0 Å². The van der Waals surface area contributed by atoms with Crippen LogP contribution in [0.2, 0.25) is 18.1 Å². The minimum absolute atomic E-state index is 0.0439. The number of rotatable bonds is 23. The first-order chi connectivity index (χ1) is 17.0. The van der Waals surface area contributed by atoms with Crippen LogP contribution in [0.4, 0.5) is 0 Å². The molecule has 0 spiro atoms. The maximum Gasteiger partial charge on any atom is 0.310 e. The van der Waals surface area contributed by atoms with Gasteiger partial charge in [0.05, 0.1) is 12.0 Å². The summed E-state index contributed by atoms with van der Waals surface area (Å²) in [6.07, 6.45) is 25.4. The molecule has 5 heteroatoms. The van der Waals surface area contributed by atoms with Gasteiger partial charge in [0, 0.05) is 12.5 Å². The SMILES string of the molecule is C#CC[C@@H](C(=O)O)[C@H](O)C[C@@H](CCCCCCCCCCCCCCCCC)O[Si](C)(C)C(C)(C)C. The van der Waals surface area contributed by atoms with Crippen LogP contribution in [0.15, 0.2) is 0 Å². The number of aliphatic hydroxyl groups is 1. The van der Waals surface area contributed by atoms with Crippen molar-refractivity contribution in [2.75, 3.05) is 0 Å². The largest absolute Gasteiger partial charge is 0.481 e. The predicted octanol–water partition coefficient (Wildman–Crippen LogP) is 9.11. The Morgan fingerprint density at radius 1 is 0.861 bits per heavy atom. The Hall–Kier alpha value is -0.833. The van der Waals surface area contributed by atoms with Crippen molar-refractivity contribution in [3.63, 3.8) is 0 Å². The van der Waals surface area contributed by atoms with E-state index in [0.717, 1.165) is 19.3 Å². The molecule has 0 rings (SSSR count). The van der Waals surface area contributed by atoms with Gasteiger partial charge in [0.1, 0.15) is 0 Å². The van der Waals surface area contributed by atoms with Gasteiger partial charge in [0.2, 0.25) is 0 Å². The van der Waals surface area contributed by atoms with Crippen molar-refractivity contribution >= 4 is 14.3 Å². The van der Waals surface area contributed by atoms with Crippen molar-refractivity contribution < 1.29 is 19.4 Å². The zero-order valence-corrected chi connectivity index (χ0v) is 25.7. The maximum absolute atomic E-state index is 11.6. The standard InChI is InChI=1S/C31H60O4Si/c1-8-10-11-12-13-14-15-16-17-18-19-20-21-22-23-25-27(35-36(6,7)31(3,4)5)26-29(32)28(24-9-2)30(33)34/h2,27-29,32H,8,10-26H2,1,3-7H3,(H,33,34)/t27-,28-,29-/m1/s1. The van der Waals surface area contributed by atoms with Crippen LogP contribution in [0.1, 0.15) is 143 Å². The maximum atomic E-state index is 11.6. The molecule has 0 aromatic carbocycles. The molecule has 0 aliphatic heterocycles. The quantitative estimate of drug-likeness (QED) is 0.0794. The van der Waals surface area contributed by atoms with E-state index < -0.39 is 26.3 Å². The molecular weight excluding hydrogens is 464 g/mol. The van der Waals surface area contributed by atoms with E-state index >= 15 is 0 Å². The predicted molar refractivity (Wildman–Crippen MR) is 157 cm³/mol. The third kappa shape index (κ3) is 16.8. The molecule has 36 heavy (non-hydrogen) atoms. The fraction of sp³-hybridized carbons (Fsp3) is 0.903. The van der Waals surface area contributed by atoms with Crippen LogP contribution < -0.4 is 0 Å². The van der Waals surface area contributed by atoms with Gasteiger partial charge in [-0.25, -0.2) is 0 Å². The van der Waals surface area contributed by atoms with Crippen molar-refractivity contribution in [1.82, 2.24) is 0 Å². The van der Waals surface area contributed by atoms with Crippen LogP contribution in [-0.2, 0) is 9.22 Å². The lowest BCUT2D eigenvalue weighted by Gasteiger charge is -2.40. The lowest BCUT2D eigenvalue weighted by atomic mass is 9.93. The molecule has 4 nitrogen and oxygen atoms in total. The summed E-state index contributed by atoms with van der Waals surface area (Å²) in [6.45, 7) is 13.3. The van der Waals surface area contributed by atoms with Crippen molar-refractivity contribution in [2.45, 2.75) is 174 Å². The van der Waals surface area contributed by atoms with Gasteiger partial charge in [-0.3, -0.25) is 4.79 Å². The van der Waals surface area contributed by atoms with Gasteiger partial charge >= 0.3 is 5.97 Å². The Balaban J connectivity index is 4.31. The van der Waals surface area contributed by atoms with E-state index in [1.165, 1.54) is 83.5 Å². The Kier molecular flexibility index (Phi) is 19.7. The van der Waals surface area contributed by atoms with Crippen molar-refractivity contribution in [3.05, 3.63) is 0 Å². The number of carboxylic acids is 1. The zero-order chi connectivity index (χ0) is 27.5. The number of aliphatic carboxylic acids is 1. The second-order valence-corrected chi connectivity index (χ2v) is 17.2. The summed E-state index contributed by atoms with van der Waals surface area (Å²) in [5.74, 6) is 0.444. The zero-order valence-electron chi connectivity index (χ0n) is 24.7. The van der Waals surface area contributed by atoms with Crippen LogP contribution in [0.3, 0.4) is 0 Å². The average Bonchev–Trinajstić information content (AvgIpc) is 2.78. The third-order valence-electron chi connectivity index (χ3n) is 8.02. The van der Waals surface area contributed by atoms with E-state index in [9.17, 15) is 15.0 Å². The molecule has 0 bridgehead atoms. The van der Waals surface area contributed by atoms with E-state index in [0.29, 0.717) is 6.42 Å². The van der Waals surface area contributed by atoms with Crippen molar-refractivity contribution in [3.8, 4) is 12.3 Å². The second kappa shape index (κ2) is 20.2. The normalized spacial score (nSPS) is 14.8. The third-order valence-corrected chi connectivity index (χ3v) is 12.6. The molecule has 0 aromatic rings. The van der Waals surface area contributed by atoms with E-state index in [-0.39, 0.29) is 17.6 Å². The van der Waals surface area contributed by atoms with E-state index in [1.54, 1.807) is 0 Å². The molecule has 0 aliphatic rings. The highest BCUT2D eigenvalue weighted by molar-refractivity contribution is 6.74. The van der Waals surface area contributed by atoms with Crippen LogP contribution in [0.25, 0.3) is 0 Å². The molecule has 0 heterocycles. The molecule has 0 aliphatic carbocycles. The van der Waals surface area contributed by atoms with Crippen molar-refractivity contribution in [2.24, 2.45) is 5.92 Å². The summed E-state index contributed by atoms with van der Waals surface area (Å²) >= 11 is 0. The van der Waals surface area contributed by atoms with Gasteiger partial charge in [-0.15, -0.1) is 12.3 Å². The summed E-state index contributed by atoms with van der Waals surface area (Å²) in [5, 5.41) is 20.2. The van der Waals surface area contributed by atoms with Crippen molar-refractivity contribution in [1.29, 1.82) is 0 Å². The first kappa shape index (κ1) is 35.2. The van der Waals surface area contributed by atoms with E-state index in [2.05, 4.69) is 46.7 Å². The van der Waals surface area contributed by atoms with Crippen LogP contribution >= 0.6 is 0 Å². The summed E-state index contributed by atoms with van der Waals surface area (Å²) in [6, 6.07) is 0. The monoisotopic (exact) mass is 524 g/mol. The fourth-order valence-corrected chi connectivity index (χ4v) is 5.91. The molecule has 0 amide bonds. The molecule has 0 fully saturated rings. The molecule has 0 unspecified atom stereocenters. The van der Waals surface area contributed by atoms with Crippen LogP contribution in [0, 0.1) is 18.3 Å². The van der Waals surface area contributed by atoms with Gasteiger partial charge in [-0.1, -0.05) is 124 Å². The number of hydrogen-bond donors (Lipinski definition) is 2. The smallest absolute Gasteiger partial charge is 0.310 e. The Morgan fingerprint density at radius 2 is 1.28 bits per heavy atom. The summed E-state index contributed by atoms with van der Waals surface area (Å²) in [7, 11) is -2.02.